The summed E-state index contributed by atoms with van der Waals surface area (Å²) in [5.74, 6) is 0.650. The maximum atomic E-state index is 12.6. The smallest absolute Gasteiger partial charge is 0.243 e. The number of aliphatic hydroxyl groups is 1. The van der Waals surface area contributed by atoms with Crippen LogP contribution in [0.3, 0.4) is 0 Å². The van der Waals surface area contributed by atoms with Gasteiger partial charge in [-0.25, -0.2) is 8.42 Å². The van der Waals surface area contributed by atoms with Gasteiger partial charge >= 0.3 is 0 Å². The molecule has 1 N–H and O–H groups in total. The fraction of sp³-hybridized carbons (Fsp3) is 0.571. The lowest BCUT2D eigenvalue weighted by Crippen LogP contribution is -2.50. The van der Waals surface area contributed by atoms with Gasteiger partial charge in [-0.05, 0) is 30.7 Å². The van der Waals surface area contributed by atoms with Gasteiger partial charge in [0.15, 0.2) is 0 Å². The largest absolute Gasteiger partial charge is 0.494 e. The van der Waals surface area contributed by atoms with Gasteiger partial charge in [-0.3, -0.25) is 0 Å². The Morgan fingerprint density at radius 2 is 2.10 bits per heavy atom. The summed E-state index contributed by atoms with van der Waals surface area (Å²) in [6, 6.07) is 5.84. The van der Waals surface area contributed by atoms with Crippen LogP contribution >= 0.6 is 0 Å². The van der Waals surface area contributed by atoms with Crippen molar-refractivity contribution in [1.82, 2.24) is 4.31 Å². The molecule has 118 valence electrons. The Balaban J connectivity index is 2.18. The van der Waals surface area contributed by atoms with Crippen LogP contribution in [-0.2, 0) is 14.8 Å². The monoisotopic (exact) mass is 315 g/mol. The highest BCUT2D eigenvalue weighted by molar-refractivity contribution is 7.89. The molecule has 0 saturated carbocycles. The van der Waals surface area contributed by atoms with Crippen LogP contribution < -0.4 is 4.74 Å². The minimum Gasteiger partial charge on any atom is -0.494 e. The Morgan fingerprint density at radius 3 is 2.71 bits per heavy atom. The first-order valence-electron chi connectivity index (χ1n) is 7.03. The summed E-state index contributed by atoms with van der Waals surface area (Å²) in [6.07, 6.45) is 0.895. The number of benzene rings is 1. The number of ether oxygens (including phenoxy) is 2. The number of sulfonamides is 1. The molecule has 1 aliphatic heterocycles. The molecular weight excluding hydrogens is 294 g/mol. The van der Waals surface area contributed by atoms with E-state index in [2.05, 4.69) is 0 Å². The average Bonchev–Trinajstić information content (AvgIpc) is 2.53. The lowest BCUT2D eigenvalue weighted by molar-refractivity contribution is 0.0109. The summed E-state index contributed by atoms with van der Waals surface area (Å²) < 4.78 is 37.2. The van der Waals surface area contributed by atoms with E-state index in [1.807, 2.05) is 6.92 Å². The number of nitrogens with zero attached hydrogens (tertiary/aromatic N) is 1. The second kappa shape index (κ2) is 7.22. The van der Waals surface area contributed by atoms with Gasteiger partial charge in [-0.15, -0.1) is 0 Å². The third-order valence-corrected chi connectivity index (χ3v) is 5.25. The summed E-state index contributed by atoms with van der Waals surface area (Å²) in [6.45, 7) is 3.16. The third-order valence-electron chi connectivity index (χ3n) is 3.29. The molecule has 21 heavy (non-hydrogen) atoms. The summed E-state index contributed by atoms with van der Waals surface area (Å²) in [5, 5.41) is 9.31. The standard InChI is InChI=1S/C14H21NO5S/c1-2-8-20-13-3-5-14(6-4-13)21(17,18)15-7-9-19-11-12(15)10-16/h3-6,12,16H,2,7-11H2,1H3. The van der Waals surface area contributed by atoms with Crippen molar-refractivity contribution in [2.75, 3.05) is 33.0 Å². The summed E-state index contributed by atoms with van der Waals surface area (Å²) in [4.78, 5) is 0.201. The van der Waals surface area contributed by atoms with Crippen LogP contribution in [0.25, 0.3) is 0 Å². The summed E-state index contributed by atoms with van der Waals surface area (Å²) >= 11 is 0. The summed E-state index contributed by atoms with van der Waals surface area (Å²) in [5.41, 5.74) is 0. The van der Waals surface area contributed by atoms with Crippen LogP contribution in [0, 0.1) is 0 Å². The minimum atomic E-state index is -3.62. The third kappa shape index (κ3) is 3.74. The molecule has 7 heteroatoms. The molecule has 0 aliphatic carbocycles. The highest BCUT2D eigenvalue weighted by Gasteiger charge is 2.33. The van der Waals surface area contributed by atoms with Crippen molar-refractivity contribution >= 4 is 10.0 Å². The Morgan fingerprint density at radius 1 is 1.38 bits per heavy atom. The number of hydrogen-bond acceptors (Lipinski definition) is 5. The molecule has 0 aromatic heterocycles. The molecule has 0 amide bonds. The van der Waals surface area contributed by atoms with E-state index in [4.69, 9.17) is 9.47 Å². The summed E-state index contributed by atoms with van der Waals surface area (Å²) in [7, 11) is -3.62. The normalized spacial score (nSPS) is 20.4. The zero-order valence-electron chi connectivity index (χ0n) is 12.1. The van der Waals surface area contributed by atoms with Crippen LogP contribution in [0.2, 0.25) is 0 Å². The quantitative estimate of drug-likeness (QED) is 0.842. The molecular formula is C14H21NO5S. The number of hydrogen-bond donors (Lipinski definition) is 1. The second-order valence-electron chi connectivity index (χ2n) is 4.85. The first-order valence-corrected chi connectivity index (χ1v) is 8.47. The molecule has 6 nitrogen and oxygen atoms in total. The second-order valence-corrected chi connectivity index (χ2v) is 6.74. The van der Waals surface area contributed by atoms with Crippen LogP contribution in [0.15, 0.2) is 29.2 Å². The zero-order valence-corrected chi connectivity index (χ0v) is 12.9. The van der Waals surface area contributed by atoms with Crippen LogP contribution in [0.1, 0.15) is 13.3 Å². The molecule has 1 atom stereocenters. The van der Waals surface area contributed by atoms with Crippen molar-refractivity contribution in [1.29, 1.82) is 0 Å². The van der Waals surface area contributed by atoms with Crippen molar-refractivity contribution in [3.8, 4) is 5.75 Å². The minimum absolute atomic E-state index is 0.201. The van der Waals surface area contributed by atoms with Gasteiger partial charge in [0.05, 0.1) is 37.4 Å². The van der Waals surface area contributed by atoms with E-state index in [-0.39, 0.29) is 24.7 Å². The molecule has 1 aromatic rings. The van der Waals surface area contributed by atoms with Crippen LogP contribution in [-0.4, -0.2) is 56.8 Å². The van der Waals surface area contributed by atoms with Gasteiger partial charge in [0.2, 0.25) is 10.0 Å². The fourth-order valence-corrected chi connectivity index (χ4v) is 3.75. The molecule has 1 unspecified atom stereocenters. The molecule has 1 fully saturated rings. The predicted octanol–water partition coefficient (Wildman–Crippen LogP) is 0.857. The van der Waals surface area contributed by atoms with Crippen molar-refractivity contribution in [2.45, 2.75) is 24.3 Å². The molecule has 1 saturated heterocycles. The zero-order chi connectivity index (χ0) is 15.3. The van der Waals surface area contributed by atoms with Crippen molar-refractivity contribution in [3.63, 3.8) is 0 Å². The van der Waals surface area contributed by atoms with Gasteiger partial charge in [-0.2, -0.15) is 4.31 Å². The van der Waals surface area contributed by atoms with Gasteiger partial charge in [0, 0.05) is 6.54 Å². The van der Waals surface area contributed by atoms with Crippen LogP contribution in [0.5, 0.6) is 5.75 Å². The number of morpholine rings is 1. The molecule has 2 rings (SSSR count). The Bertz CT molecular complexity index is 543. The maximum absolute atomic E-state index is 12.6. The lowest BCUT2D eigenvalue weighted by atomic mass is 10.3. The highest BCUT2D eigenvalue weighted by atomic mass is 32.2. The lowest BCUT2D eigenvalue weighted by Gasteiger charge is -2.33. The average molecular weight is 315 g/mol. The van der Waals surface area contributed by atoms with E-state index in [0.29, 0.717) is 19.0 Å². The van der Waals surface area contributed by atoms with E-state index in [1.165, 1.54) is 16.4 Å². The molecule has 0 radical (unpaired) electrons. The Hall–Kier alpha value is -1.15. The molecule has 0 spiro atoms. The van der Waals surface area contributed by atoms with E-state index in [9.17, 15) is 13.5 Å². The van der Waals surface area contributed by atoms with E-state index < -0.39 is 16.1 Å². The first kappa shape index (κ1) is 16.2. The highest BCUT2D eigenvalue weighted by Crippen LogP contribution is 2.22. The number of aliphatic hydroxyl groups excluding tert-OH is 1. The molecule has 1 heterocycles. The van der Waals surface area contributed by atoms with Gasteiger partial charge in [0.1, 0.15) is 5.75 Å². The fourth-order valence-electron chi connectivity index (χ4n) is 2.16. The Kier molecular flexibility index (Phi) is 5.58. The van der Waals surface area contributed by atoms with Crippen molar-refractivity contribution in [2.24, 2.45) is 0 Å². The van der Waals surface area contributed by atoms with E-state index >= 15 is 0 Å². The predicted molar refractivity (Wildman–Crippen MR) is 77.8 cm³/mol. The van der Waals surface area contributed by atoms with Gasteiger partial charge in [0.25, 0.3) is 0 Å². The molecule has 0 bridgehead atoms. The van der Waals surface area contributed by atoms with Gasteiger partial charge in [-0.1, -0.05) is 6.92 Å². The Labute approximate surface area is 125 Å². The topological polar surface area (TPSA) is 76.1 Å². The van der Waals surface area contributed by atoms with E-state index in [1.54, 1.807) is 12.1 Å². The first-order chi connectivity index (χ1) is 10.1. The maximum Gasteiger partial charge on any atom is 0.243 e. The SMILES string of the molecule is CCCOc1ccc(S(=O)(=O)N2CCOCC2CO)cc1. The van der Waals surface area contributed by atoms with Crippen LogP contribution in [0.4, 0.5) is 0 Å². The molecule has 1 aromatic carbocycles. The molecule has 1 aliphatic rings. The van der Waals surface area contributed by atoms with Crippen molar-refractivity contribution in [3.05, 3.63) is 24.3 Å². The van der Waals surface area contributed by atoms with E-state index in [0.717, 1.165) is 6.42 Å². The van der Waals surface area contributed by atoms with Gasteiger partial charge < -0.3 is 14.6 Å². The van der Waals surface area contributed by atoms with Crippen molar-refractivity contribution < 1.29 is 23.0 Å². The number of rotatable bonds is 6.